The van der Waals surface area contributed by atoms with Crippen LogP contribution in [0.2, 0.25) is 0 Å². The Hall–Kier alpha value is -3.94. The molecule has 2 aliphatic heterocycles. The number of likely N-dealkylation sites (tertiary alicyclic amines) is 1. The molecule has 0 bridgehead atoms. The molecular weight excluding hydrogens is 504 g/mol. The lowest BCUT2D eigenvalue weighted by atomic mass is 9.96. The molecule has 0 aliphatic carbocycles. The first-order valence-corrected chi connectivity index (χ1v) is 14.3. The van der Waals surface area contributed by atoms with E-state index in [1.54, 1.807) is 11.3 Å². The molecule has 1 fully saturated rings. The van der Waals surface area contributed by atoms with E-state index in [1.807, 2.05) is 43.0 Å². The number of amides is 2. The first-order chi connectivity index (χ1) is 19.0. The highest BCUT2D eigenvalue weighted by Crippen LogP contribution is 2.37. The number of hydroxylamine groups is 1. The molecule has 0 saturated carbocycles. The summed E-state index contributed by atoms with van der Waals surface area (Å²) in [7, 11) is 0. The van der Waals surface area contributed by atoms with Crippen molar-refractivity contribution in [2.75, 3.05) is 18.4 Å². The Kier molecular flexibility index (Phi) is 7.18. The van der Waals surface area contributed by atoms with E-state index in [1.165, 1.54) is 5.56 Å². The molecule has 198 valence electrons. The topological polar surface area (TPSA) is 66.5 Å². The Bertz CT molecular complexity index is 1510. The number of hydrogen-bond donors (Lipinski definition) is 2. The maximum absolute atomic E-state index is 12.9. The SMILES string of the molecule is Cc1ccc(C)c(NC(=O)N2CCC(c3nc(C4=CC(c5ccccc5-c5ccccc5)ON4)cs3)CC2)c1. The van der Waals surface area contributed by atoms with E-state index < -0.39 is 0 Å². The molecule has 2 N–H and O–H groups in total. The van der Waals surface area contributed by atoms with Crippen LogP contribution >= 0.6 is 11.3 Å². The second kappa shape index (κ2) is 11.0. The van der Waals surface area contributed by atoms with Gasteiger partial charge >= 0.3 is 6.03 Å². The summed E-state index contributed by atoms with van der Waals surface area (Å²) < 4.78 is 0. The maximum atomic E-state index is 12.9. The van der Waals surface area contributed by atoms with Gasteiger partial charge in [0.25, 0.3) is 0 Å². The molecule has 3 heterocycles. The number of thiazole rings is 1. The highest BCUT2D eigenvalue weighted by Gasteiger charge is 2.28. The van der Waals surface area contributed by atoms with Gasteiger partial charge in [0.05, 0.1) is 16.4 Å². The number of nitrogens with one attached hydrogen (secondary N) is 2. The normalized spacial score (nSPS) is 17.5. The average molecular weight is 537 g/mol. The van der Waals surface area contributed by atoms with E-state index in [0.29, 0.717) is 5.92 Å². The Labute approximate surface area is 233 Å². The second-order valence-corrected chi connectivity index (χ2v) is 11.1. The predicted molar refractivity (Wildman–Crippen MR) is 157 cm³/mol. The zero-order valence-corrected chi connectivity index (χ0v) is 23.0. The van der Waals surface area contributed by atoms with Gasteiger partial charge in [-0.15, -0.1) is 11.3 Å². The van der Waals surface area contributed by atoms with E-state index in [4.69, 9.17) is 9.82 Å². The molecule has 1 saturated heterocycles. The quantitative estimate of drug-likeness (QED) is 0.278. The minimum atomic E-state index is -0.194. The highest BCUT2D eigenvalue weighted by molar-refractivity contribution is 7.09. The number of nitrogens with zero attached hydrogens (tertiary/aromatic N) is 2. The predicted octanol–water partition coefficient (Wildman–Crippen LogP) is 7.46. The molecule has 1 atom stereocenters. The van der Waals surface area contributed by atoms with Crippen molar-refractivity contribution in [3.63, 3.8) is 0 Å². The van der Waals surface area contributed by atoms with Gasteiger partial charge in [-0.3, -0.25) is 10.3 Å². The van der Waals surface area contributed by atoms with E-state index in [-0.39, 0.29) is 12.1 Å². The van der Waals surface area contributed by atoms with Crippen LogP contribution in [0.15, 0.2) is 84.3 Å². The van der Waals surface area contributed by atoms with Crippen LogP contribution in [-0.2, 0) is 4.84 Å². The number of hydrogen-bond acceptors (Lipinski definition) is 5. The van der Waals surface area contributed by atoms with Crippen molar-refractivity contribution in [3.05, 3.63) is 112 Å². The van der Waals surface area contributed by atoms with E-state index >= 15 is 0 Å². The van der Waals surface area contributed by atoms with Crippen LogP contribution in [-0.4, -0.2) is 29.0 Å². The monoisotopic (exact) mass is 536 g/mol. The summed E-state index contributed by atoms with van der Waals surface area (Å²) in [5, 5.41) is 6.31. The van der Waals surface area contributed by atoms with E-state index in [2.05, 4.69) is 70.8 Å². The highest BCUT2D eigenvalue weighted by atomic mass is 32.1. The Balaban J connectivity index is 1.10. The maximum Gasteiger partial charge on any atom is 0.321 e. The van der Waals surface area contributed by atoms with Crippen LogP contribution in [0.1, 0.15) is 52.3 Å². The number of urea groups is 1. The van der Waals surface area contributed by atoms with Crippen molar-refractivity contribution < 1.29 is 9.63 Å². The average Bonchev–Trinajstić information content (AvgIpc) is 3.66. The molecular formula is C32H32N4O2S. The zero-order valence-electron chi connectivity index (χ0n) is 22.2. The van der Waals surface area contributed by atoms with Gasteiger partial charge in [-0.25, -0.2) is 9.78 Å². The van der Waals surface area contributed by atoms with Gasteiger partial charge in [0, 0.05) is 30.1 Å². The number of aromatic nitrogens is 1. The summed E-state index contributed by atoms with van der Waals surface area (Å²) in [4.78, 5) is 25.8. The van der Waals surface area contributed by atoms with Gasteiger partial charge in [0.2, 0.25) is 0 Å². The van der Waals surface area contributed by atoms with Crippen molar-refractivity contribution in [1.29, 1.82) is 0 Å². The van der Waals surface area contributed by atoms with Gasteiger partial charge in [-0.2, -0.15) is 0 Å². The van der Waals surface area contributed by atoms with Gasteiger partial charge in [0.15, 0.2) is 0 Å². The molecule has 7 heteroatoms. The third kappa shape index (κ3) is 5.46. The van der Waals surface area contributed by atoms with Crippen LogP contribution in [0.3, 0.4) is 0 Å². The largest absolute Gasteiger partial charge is 0.324 e. The fourth-order valence-corrected chi connectivity index (χ4v) is 6.25. The van der Waals surface area contributed by atoms with E-state index in [9.17, 15) is 4.79 Å². The molecule has 2 amide bonds. The summed E-state index contributed by atoms with van der Waals surface area (Å²) in [6.07, 6.45) is 3.73. The molecule has 0 radical (unpaired) electrons. The van der Waals surface area contributed by atoms with Gasteiger partial charge in [-0.1, -0.05) is 66.7 Å². The molecule has 6 rings (SSSR count). The van der Waals surface area contributed by atoms with Crippen LogP contribution in [0.4, 0.5) is 10.5 Å². The van der Waals surface area contributed by atoms with Gasteiger partial charge < -0.3 is 10.2 Å². The number of benzene rings is 3. The summed E-state index contributed by atoms with van der Waals surface area (Å²) >= 11 is 1.69. The summed E-state index contributed by atoms with van der Waals surface area (Å²) in [5.74, 6) is 0.353. The summed E-state index contributed by atoms with van der Waals surface area (Å²) in [6.45, 7) is 5.50. The lowest BCUT2D eigenvalue weighted by Gasteiger charge is -2.31. The first-order valence-electron chi connectivity index (χ1n) is 13.4. The Morgan fingerprint density at radius 3 is 2.62 bits per heavy atom. The lowest BCUT2D eigenvalue weighted by molar-refractivity contribution is 0.0513. The van der Waals surface area contributed by atoms with E-state index in [0.717, 1.165) is 70.3 Å². The number of piperidine rings is 1. The minimum absolute atomic E-state index is 0.0266. The number of carbonyl (C=O) groups is 1. The van der Waals surface area contributed by atoms with Gasteiger partial charge in [-0.05, 0) is 66.6 Å². The van der Waals surface area contributed by atoms with Crippen molar-refractivity contribution in [2.45, 2.75) is 38.7 Å². The fraction of sp³-hybridized carbons (Fsp3) is 0.250. The molecule has 39 heavy (non-hydrogen) atoms. The van der Waals surface area contributed by atoms with Gasteiger partial charge in [0.1, 0.15) is 6.10 Å². The molecule has 1 aromatic heterocycles. The van der Waals surface area contributed by atoms with Crippen molar-refractivity contribution in [1.82, 2.24) is 15.4 Å². The summed E-state index contributed by atoms with van der Waals surface area (Å²) in [6, 6.07) is 24.8. The molecule has 3 aromatic carbocycles. The standard InChI is InChI=1S/C32H32N4O2S/c1-21-12-13-22(2)27(18-21)34-32(37)36-16-14-24(15-17-36)31-33-29(20-39-31)28-19-30(38-35-28)26-11-7-6-10-25(26)23-8-4-3-5-9-23/h3-13,18-20,24,30,35H,14-17H2,1-2H3,(H,34,37). The summed E-state index contributed by atoms with van der Waals surface area (Å²) in [5.41, 5.74) is 11.5. The molecule has 1 unspecified atom stereocenters. The number of aryl methyl sites for hydroxylation is 2. The van der Waals surface area contributed by atoms with Crippen LogP contribution in [0.25, 0.3) is 16.8 Å². The first kappa shape index (κ1) is 25.3. The number of rotatable bonds is 5. The number of anilines is 1. The lowest BCUT2D eigenvalue weighted by Crippen LogP contribution is -2.40. The number of carbonyl (C=O) groups excluding carboxylic acids is 1. The Morgan fingerprint density at radius 1 is 1.03 bits per heavy atom. The van der Waals surface area contributed by atoms with Crippen LogP contribution in [0.5, 0.6) is 0 Å². The minimum Gasteiger partial charge on any atom is -0.324 e. The third-order valence-electron chi connectivity index (χ3n) is 7.53. The van der Waals surface area contributed by atoms with Crippen molar-refractivity contribution in [3.8, 4) is 11.1 Å². The second-order valence-electron chi connectivity index (χ2n) is 10.3. The van der Waals surface area contributed by atoms with Crippen molar-refractivity contribution >= 4 is 28.8 Å². The molecule has 2 aliphatic rings. The zero-order chi connectivity index (χ0) is 26.8. The Morgan fingerprint density at radius 2 is 1.79 bits per heavy atom. The van der Waals surface area contributed by atoms with Crippen molar-refractivity contribution in [2.24, 2.45) is 0 Å². The van der Waals surface area contributed by atoms with Crippen LogP contribution < -0.4 is 10.8 Å². The fourth-order valence-electron chi connectivity index (χ4n) is 5.26. The molecule has 6 nitrogen and oxygen atoms in total. The smallest absolute Gasteiger partial charge is 0.321 e. The third-order valence-corrected chi connectivity index (χ3v) is 8.54. The van der Waals surface area contributed by atoms with Crippen LogP contribution in [0, 0.1) is 13.8 Å². The molecule has 0 spiro atoms. The molecule has 4 aromatic rings.